The Morgan fingerprint density at radius 3 is 2.67 bits per heavy atom. The Balaban J connectivity index is 1.61. The van der Waals surface area contributed by atoms with E-state index in [0.29, 0.717) is 6.54 Å². The van der Waals surface area contributed by atoms with E-state index in [2.05, 4.69) is 19.1 Å². The van der Waals surface area contributed by atoms with Gasteiger partial charge in [0.25, 0.3) is 0 Å². The largest absolute Gasteiger partial charge is 0.480 e. The Hall–Kier alpha value is -1.92. The van der Waals surface area contributed by atoms with Crippen LogP contribution in [0.1, 0.15) is 23.5 Å². The molecule has 2 N–H and O–H groups in total. The molecule has 130 valence electrons. The summed E-state index contributed by atoms with van der Waals surface area (Å²) in [6, 6.07) is 7.82. The van der Waals surface area contributed by atoms with Crippen molar-refractivity contribution in [3.05, 3.63) is 35.4 Å². The van der Waals surface area contributed by atoms with Crippen molar-refractivity contribution in [3.63, 3.8) is 0 Å². The van der Waals surface area contributed by atoms with E-state index >= 15 is 0 Å². The number of hydrogen-bond donors (Lipinski definition) is 2. The second-order valence-electron chi connectivity index (χ2n) is 6.99. The van der Waals surface area contributed by atoms with Crippen LogP contribution in [0, 0.1) is 12.8 Å². The second kappa shape index (κ2) is 6.53. The molecule has 0 aromatic heterocycles. The van der Waals surface area contributed by atoms with Gasteiger partial charge in [0.1, 0.15) is 0 Å². The molecule has 1 aliphatic carbocycles. The molecule has 24 heavy (non-hydrogen) atoms. The minimum Gasteiger partial charge on any atom is -0.480 e. The van der Waals surface area contributed by atoms with Gasteiger partial charge in [-0.1, -0.05) is 24.3 Å². The van der Waals surface area contributed by atoms with Crippen LogP contribution < -0.4 is 0 Å². The summed E-state index contributed by atoms with van der Waals surface area (Å²) in [5, 5.41) is 19.1. The van der Waals surface area contributed by atoms with Crippen LogP contribution in [0.25, 0.3) is 0 Å². The van der Waals surface area contributed by atoms with Crippen LogP contribution in [-0.4, -0.2) is 70.7 Å². The number of aliphatic hydroxyl groups excluding tert-OH is 1. The van der Waals surface area contributed by atoms with Crippen molar-refractivity contribution in [2.75, 3.05) is 26.7 Å². The Kier molecular flexibility index (Phi) is 4.60. The third kappa shape index (κ3) is 3.30. The fraction of sp³-hybridized carbons (Fsp3) is 0.556. The molecule has 1 saturated carbocycles. The summed E-state index contributed by atoms with van der Waals surface area (Å²) in [7, 11) is 1.67. The van der Waals surface area contributed by atoms with Crippen LogP contribution >= 0.6 is 0 Å². The number of carbonyl (C=O) groups is 2. The van der Waals surface area contributed by atoms with Gasteiger partial charge in [0.05, 0.1) is 18.7 Å². The number of rotatable bonds is 5. The highest BCUT2D eigenvalue weighted by Gasteiger charge is 2.48. The number of aryl methyl sites for hydroxylation is 1. The van der Waals surface area contributed by atoms with Gasteiger partial charge < -0.3 is 15.1 Å². The third-order valence-corrected chi connectivity index (χ3v) is 5.22. The molecule has 1 amide bonds. The Labute approximate surface area is 141 Å². The molecule has 0 radical (unpaired) electrons. The van der Waals surface area contributed by atoms with Crippen molar-refractivity contribution in [1.29, 1.82) is 0 Å². The van der Waals surface area contributed by atoms with Gasteiger partial charge in [-0.3, -0.25) is 14.5 Å². The molecular formula is C18H24N2O4. The van der Waals surface area contributed by atoms with E-state index in [1.807, 2.05) is 12.1 Å². The van der Waals surface area contributed by atoms with Crippen molar-refractivity contribution < 1.29 is 19.8 Å². The topological polar surface area (TPSA) is 81.1 Å². The monoisotopic (exact) mass is 332 g/mol. The van der Waals surface area contributed by atoms with Crippen molar-refractivity contribution in [2.45, 2.75) is 31.4 Å². The van der Waals surface area contributed by atoms with Crippen molar-refractivity contribution in [2.24, 2.45) is 5.92 Å². The fourth-order valence-corrected chi connectivity index (χ4v) is 3.76. The normalized spacial score (nSPS) is 29.1. The number of aliphatic hydroxyl groups is 1. The maximum absolute atomic E-state index is 12.7. The highest BCUT2D eigenvalue weighted by molar-refractivity contribution is 5.83. The number of benzene rings is 1. The molecule has 6 heteroatoms. The number of likely N-dealkylation sites (tertiary alicyclic amines) is 1. The summed E-state index contributed by atoms with van der Waals surface area (Å²) in [4.78, 5) is 26.8. The van der Waals surface area contributed by atoms with Gasteiger partial charge in [-0.25, -0.2) is 0 Å². The maximum atomic E-state index is 12.7. The summed E-state index contributed by atoms with van der Waals surface area (Å²) in [5.41, 5.74) is 2.44. The van der Waals surface area contributed by atoms with Crippen LogP contribution in [0.4, 0.5) is 0 Å². The first-order valence-electron chi connectivity index (χ1n) is 8.33. The molecule has 1 aliphatic heterocycles. The van der Waals surface area contributed by atoms with Gasteiger partial charge >= 0.3 is 5.97 Å². The van der Waals surface area contributed by atoms with Crippen LogP contribution in [0.3, 0.4) is 0 Å². The summed E-state index contributed by atoms with van der Waals surface area (Å²) < 4.78 is 0. The predicted octanol–water partition coefficient (Wildman–Crippen LogP) is 0.687. The molecule has 1 heterocycles. The highest BCUT2D eigenvalue weighted by Crippen LogP contribution is 2.49. The molecule has 0 spiro atoms. The standard InChI is InChI=1S/C18H24N2O4/c1-11-5-3-4-6-12(11)13-7-14(13)18(24)20-8-15(16(21)9-20)19(2)10-17(22)23/h3-6,13-16,21H,7-10H2,1-2H3,(H,22,23)/t13-,14-,15-,16+/m0/s1. The third-order valence-electron chi connectivity index (χ3n) is 5.22. The SMILES string of the molecule is Cc1ccccc1[C@@H]1C[C@@H]1C(=O)N1C[C@@H](O)[C@@H](N(C)CC(=O)O)C1. The average molecular weight is 332 g/mol. The first kappa shape index (κ1) is 16.9. The van der Waals surface area contributed by atoms with Gasteiger partial charge in [-0.2, -0.15) is 0 Å². The molecule has 3 rings (SSSR count). The van der Waals surface area contributed by atoms with E-state index < -0.39 is 12.1 Å². The number of nitrogens with zero attached hydrogens (tertiary/aromatic N) is 2. The molecule has 2 fully saturated rings. The number of hydrogen-bond acceptors (Lipinski definition) is 4. The van der Waals surface area contributed by atoms with E-state index in [1.165, 1.54) is 11.1 Å². The van der Waals surface area contributed by atoms with Crippen LogP contribution in [-0.2, 0) is 9.59 Å². The molecule has 0 unspecified atom stereocenters. The minimum atomic E-state index is -0.934. The molecular weight excluding hydrogens is 308 g/mol. The smallest absolute Gasteiger partial charge is 0.317 e. The van der Waals surface area contributed by atoms with E-state index in [1.54, 1.807) is 16.8 Å². The van der Waals surface area contributed by atoms with Crippen LogP contribution in [0.15, 0.2) is 24.3 Å². The van der Waals surface area contributed by atoms with Gasteiger partial charge in [-0.15, -0.1) is 0 Å². The molecule has 6 nitrogen and oxygen atoms in total. The number of carbonyl (C=O) groups excluding carboxylic acids is 1. The quantitative estimate of drug-likeness (QED) is 0.829. The number of β-amino-alcohol motifs (C(OH)–C–C–N with tert-alkyl or cyclic N) is 1. The molecule has 1 aromatic carbocycles. The zero-order valence-electron chi connectivity index (χ0n) is 14.1. The zero-order valence-corrected chi connectivity index (χ0v) is 14.1. The van der Waals surface area contributed by atoms with Crippen molar-refractivity contribution in [1.82, 2.24) is 9.80 Å². The van der Waals surface area contributed by atoms with E-state index in [0.717, 1.165) is 6.42 Å². The van der Waals surface area contributed by atoms with Crippen molar-refractivity contribution >= 4 is 11.9 Å². The second-order valence-corrected chi connectivity index (χ2v) is 6.99. The maximum Gasteiger partial charge on any atom is 0.317 e. The minimum absolute atomic E-state index is 0.0122. The number of likely N-dealkylation sites (N-methyl/N-ethyl adjacent to an activating group) is 1. The average Bonchev–Trinajstić information content (AvgIpc) is 3.21. The Bertz CT molecular complexity index is 648. The van der Waals surface area contributed by atoms with Crippen molar-refractivity contribution in [3.8, 4) is 0 Å². The Morgan fingerprint density at radius 2 is 2.00 bits per heavy atom. The Morgan fingerprint density at radius 1 is 1.29 bits per heavy atom. The van der Waals surface area contributed by atoms with E-state index in [9.17, 15) is 14.7 Å². The van der Waals surface area contributed by atoms with E-state index in [4.69, 9.17) is 5.11 Å². The summed E-state index contributed by atoms with van der Waals surface area (Å²) in [6.45, 7) is 2.59. The molecule has 2 aliphatic rings. The highest BCUT2D eigenvalue weighted by atomic mass is 16.4. The molecule has 4 atom stereocenters. The summed E-state index contributed by atoms with van der Waals surface area (Å²) in [6.07, 6.45) is 0.153. The summed E-state index contributed by atoms with van der Waals surface area (Å²) >= 11 is 0. The lowest BCUT2D eigenvalue weighted by molar-refractivity contribution is -0.138. The molecule has 1 aromatic rings. The zero-order chi connectivity index (χ0) is 17.4. The number of aliphatic carboxylic acids is 1. The lowest BCUT2D eigenvalue weighted by atomic mass is 10.0. The van der Waals surface area contributed by atoms with Crippen LogP contribution in [0.2, 0.25) is 0 Å². The molecule has 1 saturated heterocycles. The van der Waals surface area contributed by atoms with Crippen LogP contribution in [0.5, 0.6) is 0 Å². The first-order chi connectivity index (χ1) is 11.4. The fourth-order valence-electron chi connectivity index (χ4n) is 3.76. The number of carboxylic acids is 1. The molecule has 0 bridgehead atoms. The lowest BCUT2D eigenvalue weighted by Crippen LogP contribution is -2.43. The lowest BCUT2D eigenvalue weighted by Gasteiger charge is -2.24. The summed E-state index contributed by atoms with van der Waals surface area (Å²) in [5.74, 6) is -0.599. The number of carboxylic acid groups (broad SMARTS) is 1. The van der Waals surface area contributed by atoms with Gasteiger partial charge in [-0.05, 0) is 37.4 Å². The van der Waals surface area contributed by atoms with Gasteiger partial charge in [0.15, 0.2) is 0 Å². The van der Waals surface area contributed by atoms with Gasteiger partial charge in [0.2, 0.25) is 5.91 Å². The van der Waals surface area contributed by atoms with E-state index in [-0.39, 0.29) is 36.9 Å². The first-order valence-corrected chi connectivity index (χ1v) is 8.33. The number of amides is 1. The predicted molar refractivity (Wildman–Crippen MR) is 88.7 cm³/mol. The van der Waals surface area contributed by atoms with Gasteiger partial charge in [0, 0.05) is 19.0 Å².